The van der Waals surface area contributed by atoms with E-state index in [4.69, 9.17) is 23.2 Å². The van der Waals surface area contributed by atoms with Gasteiger partial charge >= 0.3 is 5.69 Å². The molecule has 0 aromatic heterocycles. The molecule has 2 rings (SSSR count). The lowest BCUT2D eigenvalue weighted by atomic mass is 10.1. The van der Waals surface area contributed by atoms with Gasteiger partial charge in [0.2, 0.25) is 5.82 Å². The van der Waals surface area contributed by atoms with Crippen LogP contribution in [0.1, 0.15) is 15.9 Å². The molecule has 120 valence electrons. The van der Waals surface area contributed by atoms with Gasteiger partial charge in [0.15, 0.2) is 0 Å². The highest BCUT2D eigenvalue weighted by Crippen LogP contribution is 2.29. The summed E-state index contributed by atoms with van der Waals surface area (Å²) >= 11 is 11.7. The molecule has 0 spiro atoms. The highest BCUT2D eigenvalue weighted by atomic mass is 35.5. The molecule has 0 aliphatic heterocycles. The Morgan fingerprint density at radius 2 is 1.74 bits per heavy atom. The number of carbonyl (C=O) groups is 1. The monoisotopic (exact) mass is 360 g/mol. The fourth-order valence-corrected chi connectivity index (χ4v) is 2.20. The van der Waals surface area contributed by atoms with Gasteiger partial charge in [0, 0.05) is 17.8 Å². The molecule has 0 unspecified atom stereocenters. The molecule has 1 N–H and O–H groups in total. The van der Waals surface area contributed by atoms with Gasteiger partial charge in [-0.3, -0.25) is 14.9 Å². The Morgan fingerprint density at radius 1 is 1.13 bits per heavy atom. The van der Waals surface area contributed by atoms with Gasteiger partial charge in [-0.2, -0.15) is 4.39 Å². The first-order chi connectivity index (χ1) is 10.7. The smallest absolute Gasteiger partial charge is 0.305 e. The molecule has 5 nitrogen and oxygen atoms in total. The number of hydrogen-bond acceptors (Lipinski definition) is 3. The first-order valence-corrected chi connectivity index (χ1v) is 6.86. The van der Waals surface area contributed by atoms with E-state index in [1.807, 2.05) is 0 Å². The Kier molecular flexibility index (Phi) is 4.82. The van der Waals surface area contributed by atoms with Crippen molar-refractivity contribution in [2.45, 2.75) is 6.92 Å². The molecule has 0 aliphatic rings. The van der Waals surface area contributed by atoms with Crippen LogP contribution in [0.25, 0.3) is 0 Å². The second-order valence-electron chi connectivity index (χ2n) is 4.58. The third kappa shape index (κ3) is 3.57. The van der Waals surface area contributed by atoms with Crippen molar-refractivity contribution in [3.63, 3.8) is 0 Å². The second kappa shape index (κ2) is 6.47. The minimum Gasteiger partial charge on any atom is -0.322 e. The van der Waals surface area contributed by atoms with E-state index in [0.29, 0.717) is 11.6 Å². The van der Waals surface area contributed by atoms with Crippen LogP contribution in [0.5, 0.6) is 0 Å². The van der Waals surface area contributed by atoms with Gasteiger partial charge in [-0.25, -0.2) is 4.39 Å². The summed E-state index contributed by atoms with van der Waals surface area (Å²) in [6, 6.07) is 3.66. The summed E-state index contributed by atoms with van der Waals surface area (Å²) in [5, 5.41) is 13.5. The highest BCUT2D eigenvalue weighted by Gasteiger charge is 2.22. The maximum Gasteiger partial charge on any atom is 0.305 e. The number of benzene rings is 2. The minimum absolute atomic E-state index is 0.165. The Bertz CT molecular complexity index is 828. The van der Waals surface area contributed by atoms with Crippen LogP contribution in [0.2, 0.25) is 10.0 Å². The van der Waals surface area contributed by atoms with E-state index in [0.717, 1.165) is 0 Å². The number of hydrogen-bond donors (Lipinski definition) is 1. The lowest BCUT2D eigenvalue weighted by Crippen LogP contribution is -2.15. The third-order valence-electron chi connectivity index (χ3n) is 2.99. The summed E-state index contributed by atoms with van der Waals surface area (Å²) in [5.41, 5.74) is -0.869. The molecule has 1 amide bonds. The zero-order valence-electron chi connectivity index (χ0n) is 11.5. The van der Waals surface area contributed by atoms with Crippen LogP contribution >= 0.6 is 23.2 Å². The highest BCUT2D eigenvalue weighted by molar-refractivity contribution is 6.42. The first-order valence-electron chi connectivity index (χ1n) is 6.11. The molecule has 0 bridgehead atoms. The molecular formula is C14H8Cl2F2N2O3. The van der Waals surface area contributed by atoms with Crippen LogP contribution in [-0.4, -0.2) is 10.8 Å². The van der Waals surface area contributed by atoms with E-state index in [1.165, 1.54) is 12.1 Å². The average Bonchev–Trinajstić information content (AvgIpc) is 2.44. The lowest BCUT2D eigenvalue weighted by Gasteiger charge is -2.10. The van der Waals surface area contributed by atoms with Crippen LogP contribution in [-0.2, 0) is 0 Å². The van der Waals surface area contributed by atoms with Crippen LogP contribution in [0.15, 0.2) is 24.3 Å². The Morgan fingerprint density at radius 3 is 2.35 bits per heavy atom. The molecule has 23 heavy (non-hydrogen) atoms. The fourth-order valence-electron chi connectivity index (χ4n) is 1.82. The molecule has 0 fully saturated rings. The predicted molar refractivity (Wildman–Crippen MR) is 82.2 cm³/mol. The van der Waals surface area contributed by atoms with Crippen LogP contribution < -0.4 is 5.32 Å². The maximum atomic E-state index is 13.7. The number of halogens is 4. The summed E-state index contributed by atoms with van der Waals surface area (Å²) in [6.45, 7) is 1.63. The van der Waals surface area contributed by atoms with E-state index in [1.54, 1.807) is 6.92 Å². The fraction of sp³-hybridized carbons (Fsp3) is 0.0714. The van der Waals surface area contributed by atoms with Gasteiger partial charge in [0.05, 0.1) is 20.5 Å². The summed E-state index contributed by atoms with van der Waals surface area (Å²) in [5.74, 6) is -3.56. The first kappa shape index (κ1) is 17.1. The SMILES string of the molecule is Cc1cc(Cl)c(Cl)cc1NC(=O)c1cc([N+](=O)[O-])c(F)cc1F. The number of aryl methyl sites for hydroxylation is 1. The van der Waals surface area contributed by atoms with E-state index in [9.17, 15) is 23.7 Å². The lowest BCUT2D eigenvalue weighted by molar-refractivity contribution is -0.387. The van der Waals surface area contributed by atoms with Crippen LogP contribution in [0, 0.1) is 28.7 Å². The van der Waals surface area contributed by atoms with E-state index < -0.39 is 33.7 Å². The molecule has 0 atom stereocenters. The van der Waals surface area contributed by atoms with Gasteiger partial charge in [0.1, 0.15) is 5.82 Å². The largest absolute Gasteiger partial charge is 0.322 e. The number of carbonyl (C=O) groups excluding carboxylic acids is 1. The summed E-state index contributed by atoms with van der Waals surface area (Å²) in [4.78, 5) is 21.7. The number of nitro benzene ring substituents is 1. The number of amides is 1. The molecule has 9 heteroatoms. The van der Waals surface area contributed by atoms with Crippen molar-refractivity contribution in [3.8, 4) is 0 Å². The molecule has 0 heterocycles. The van der Waals surface area contributed by atoms with Crippen molar-refractivity contribution in [3.05, 3.63) is 67.2 Å². The van der Waals surface area contributed by atoms with Crippen molar-refractivity contribution in [2.24, 2.45) is 0 Å². The van der Waals surface area contributed by atoms with Gasteiger partial charge in [-0.15, -0.1) is 0 Å². The average molecular weight is 361 g/mol. The summed E-state index contributed by atoms with van der Waals surface area (Å²) in [6.07, 6.45) is 0. The normalized spacial score (nSPS) is 10.5. The Labute approximate surface area is 139 Å². The summed E-state index contributed by atoms with van der Waals surface area (Å²) in [7, 11) is 0. The zero-order valence-corrected chi connectivity index (χ0v) is 13.0. The van der Waals surface area contributed by atoms with Gasteiger partial charge < -0.3 is 5.32 Å². The number of rotatable bonds is 3. The maximum absolute atomic E-state index is 13.7. The van der Waals surface area contributed by atoms with Crippen molar-refractivity contribution in [2.75, 3.05) is 5.32 Å². The summed E-state index contributed by atoms with van der Waals surface area (Å²) < 4.78 is 27.0. The molecule has 2 aromatic carbocycles. The second-order valence-corrected chi connectivity index (χ2v) is 5.39. The number of anilines is 1. The standard InChI is InChI=1S/C14H8Cl2F2N2O3/c1-6-2-8(15)9(16)4-12(6)19-14(21)7-3-13(20(22)23)11(18)5-10(7)17/h2-5H,1H3,(H,19,21). The molecule has 2 aromatic rings. The zero-order chi connectivity index (χ0) is 17.3. The van der Waals surface area contributed by atoms with Crippen molar-refractivity contribution in [1.29, 1.82) is 0 Å². The van der Waals surface area contributed by atoms with Gasteiger partial charge in [0.25, 0.3) is 5.91 Å². The van der Waals surface area contributed by atoms with E-state index in [2.05, 4.69) is 5.32 Å². The van der Waals surface area contributed by atoms with E-state index in [-0.39, 0.29) is 21.8 Å². The molecule has 0 radical (unpaired) electrons. The van der Waals surface area contributed by atoms with Gasteiger partial charge in [-0.1, -0.05) is 23.2 Å². The van der Waals surface area contributed by atoms with Gasteiger partial charge in [-0.05, 0) is 24.6 Å². The quantitative estimate of drug-likeness (QED) is 0.634. The topological polar surface area (TPSA) is 72.2 Å². The van der Waals surface area contributed by atoms with Crippen LogP contribution in [0.3, 0.4) is 0 Å². The van der Waals surface area contributed by atoms with Crippen molar-refractivity contribution >= 4 is 40.5 Å². The minimum atomic E-state index is -1.37. The predicted octanol–water partition coefficient (Wildman–Crippen LogP) is 4.74. The van der Waals surface area contributed by atoms with E-state index >= 15 is 0 Å². The number of nitrogens with zero attached hydrogens (tertiary/aromatic N) is 1. The van der Waals surface area contributed by atoms with Crippen LogP contribution in [0.4, 0.5) is 20.2 Å². The Balaban J connectivity index is 2.40. The number of nitrogens with one attached hydrogen (secondary N) is 1. The number of nitro groups is 1. The van der Waals surface area contributed by atoms with Crippen molar-refractivity contribution in [1.82, 2.24) is 0 Å². The third-order valence-corrected chi connectivity index (χ3v) is 3.72. The molecule has 0 saturated heterocycles. The molecule has 0 aliphatic carbocycles. The molecule has 0 saturated carbocycles. The molecular weight excluding hydrogens is 353 g/mol. The Hall–Kier alpha value is -2.25. The van der Waals surface area contributed by atoms with Crippen molar-refractivity contribution < 1.29 is 18.5 Å².